The Balaban J connectivity index is 2.38. The van der Waals surface area contributed by atoms with Crippen molar-refractivity contribution in [3.63, 3.8) is 0 Å². The van der Waals surface area contributed by atoms with E-state index in [0.29, 0.717) is 6.42 Å². The molecule has 1 aliphatic rings. The van der Waals surface area contributed by atoms with Crippen LogP contribution in [0, 0.1) is 0 Å². The van der Waals surface area contributed by atoms with E-state index in [1.54, 1.807) is 0 Å². The lowest BCUT2D eigenvalue weighted by atomic mass is 10.2. The molecule has 2 N–H and O–H groups in total. The van der Waals surface area contributed by atoms with Crippen LogP contribution in [0.15, 0.2) is 0 Å². The number of sulfone groups is 1. The van der Waals surface area contributed by atoms with Gasteiger partial charge in [-0.05, 0) is 13.3 Å². The monoisotopic (exact) mass is 193 g/mol. The zero-order valence-electron chi connectivity index (χ0n) is 7.16. The van der Waals surface area contributed by atoms with E-state index < -0.39 is 9.84 Å². The predicted octanol–water partition coefficient (Wildman–Crippen LogP) is -0.856. The van der Waals surface area contributed by atoms with Crippen LogP contribution in [0.5, 0.6) is 0 Å². The van der Waals surface area contributed by atoms with Crippen molar-refractivity contribution in [3.8, 4) is 0 Å². The van der Waals surface area contributed by atoms with Gasteiger partial charge in [0.1, 0.15) is 0 Å². The maximum absolute atomic E-state index is 11.0. The summed E-state index contributed by atoms with van der Waals surface area (Å²) in [6, 6.07) is 0.0282. The molecule has 4 nitrogen and oxygen atoms in total. The van der Waals surface area contributed by atoms with Gasteiger partial charge in [0.25, 0.3) is 0 Å². The molecule has 0 aliphatic carbocycles. The highest BCUT2D eigenvalue weighted by Gasteiger charge is 2.28. The normalized spacial score (nSPS) is 30.3. The average Bonchev–Trinajstić information content (AvgIpc) is 2.30. The summed E-state index contributed by atoms with van der Waals surface area (Å²) in [6.07, 6.45) is 0.673. The van der Waals surface area contributed by atoms with E-state index in [1.165, 1.54) is 0 Å². The Bertz CT molecular complexity index is 237. The van der Waals surface area contributed by atoms with E-state index in [1.807, 2.05) is 6.92 Å². The fourth-order valence-corrected chi connectivity index (χ4v) is 3.07. The molecule has 12 heavy (non-hydrogen) atoms. The Morgan fingerprint density at radius 2 is 2.33 bits per heavy atom. The fraction of sp³-hybridized carbons (Fsp3) is 1.00. The first-order chi connectivity index (χ1) is 5.53. The fourth-order valence-electron chi connectivity index (χ4n) is 1.38. The maximum Gasteiger partial charge on any atom is 0.151 e. The molecule has 72 valence electrons. The molecule has 2 unspecified atom stereocenters. The molecule has 0 radical (unpaired) electrons. The van der Waals surface area contributed by atoms with Gasteiger partial charge in [0.05, 0.1) is 18.1 Å². The largest absolute Gasteiger partial charge is 0.395 e. The molecule has 1 rings (SSSR count). The third-order valence-electron chi connectivity index (χ3n) is 2.03. The second-order valence-electron chi connectivity index (χ2n) is 3.35. The van der Waals surface area contributed by atoms with Gasteiger partial charge in [0.2, 0.25) is 0 Å². The molecule has 2 atom stereocenters. The van der Waals surface area contributed by atoms with Gasteiger partial charge < -0.3 is 10.4 Å². The second kappa shape index (κ2) is 3.72. The van der Waals surface area contributed by atoms with Crippen molar-refractivity contribution < 1.29 is 13.5 Å². The molecule has 1 aliphatic heterocycles. The lowest BCUT2D eigenvalue weighted by molar-refractivity contribution is 0.243. The minimum absolute atomic E-state index is 0.0108. The number of hydrogen-bond acceptors (Lipinski definition) is 4. The first-order valence-corrected chi connectivity index (χ1v) is 5.93. The van der Waals surface area contributed by atoms with Crippen LogP contribution >= 0.6 is 0 Å². The highest BCUT2D eigenvalue weighted by Crippen LogP contribution is 2.11. The standard InChI is InChI=1S/C7H15NO3S/c1-6(4-9)8-7-2-3-12(10,11)5-7/h6-9H,2-5H2,1H3. The van der Waals surface area contributed by atoms with Gasteiger partial charge in [-0.15, -0.1) is 0 Å². The third-order valence-corrected chi connectivity index (χ3v) is 3.79. The van der Waals surface area contributed by atoms with Crippen molar-refractivity contribution in [1.82, 2.24) is 5.32 Å². The molecule has 0 aromatic rings. The Morgan fingerprint density at radius 3 is 2.75 bits per heavy atom. The molecule has 5 heteroatoms. The van der Waals surface area contributed by atoms with Gasteiger partial charge in [-0.2, -0.15) is 0 Å². The summed E-state index contributed by atoms with van der Waals surface area (Å²) in [4.78, 5) is 0. The van der Waals surface area contributed by atoms with Gasteiger partial charge in [0, 0.05) is 12.1 Å². The van der Waals surface area contributed by atoms with E-state index in [4.69, 9.17) is 5.11 Å². The van der Waals surface area contributed by atoms with Gasteiger partial charge in [-0.25, -0.2) is 8.42 Å². The van der Waals surface area contributed by atoms with Crippen LogP contribution < -0.4 is 5.32 Å². The van der Waals surface area contributed by atoms with Crippen molar-refractivity contribution in [2.75, 3.05) is 18.1 Å². The summed E-state index contributed by atoms with van der Waals surface area (Å²) in [5.74, 6) is 0.500. The molecule has 0 amide bonds. The van der Waals surface area contributed by atoms with Crippen molar-refractivity contribution >= 4 is 9.84 Å². The summed E-state index contributed by atoms with van der Waals surface area (Å²) in [5.41, 5.74) is 0. The maximum atomic E-state index is 11.0. The first-order valence-electron chi connectivity index (χ1n) is 4.11. The van der Waals surface area contributed by atoms with Gasteiger partial charge in [-0.1, -0.05) is 0 Å². The summed E-state index contributed by atoms with van der Waals surface area (Å²) in [6.45, 7) is 1.89. The molecule has 1 fully saturated rings. The summed E-state index contributed by atoms with van der Waals surface area (Å²) >= 11 is 0. The minimum Gasteiger partial charge on any atom is -0.395 e. The number of hydrogen-bond donors (Lipinski definition) is 2. The molecule has 0 aromatic carbocycles. The van der Waals surface area contributed by atoms with Gasteiger partial charge in [0.15, 0.2) is 9.84 Å². The zero-order valence-corrected chi connectivity index (χ0v) is 7.97. The van der Waals surface area contributed by atoms with Crippen LogP contribution in [0.1, 0.15) is 13.3 Å². The Morgan fingerprint density at radius 1 is 1.67 bits per heavy atom. The van der Waals surface area contributed by atoms with Crippen LogP contribution in [0.4, 0.5) is 0 Å². The SMILES string of the molecule is CC(CO)NC1CCS(=O)(=O)C1. The topological polar surface area (TPSA) is 66.4 Å². The predicted molar refractivity (Wildman–Crippen MR) is 46.7 cm³/mol. The van der Waals surface area contributed by atoms with E-state index >= 15 is 0 Å². The van der Waals surface area contributed by atoms with E-state index in [0.717, 1.165) is 0 Å². The quantitative estimate of drug-likeness (QED) is 0.612. The molecular formula is C7H15NO3S. The molecule has 1 saturated heterocycles. The van der Waals surface area contributed by atoms with Crippen LogP contribution in [-0.2, 0) is 9.84 Å². The van der Waals surface area contributed by atoms with E-state index in [-0.39, 0.29) is 30.2 Å². The second-order valence-corrected chi connectivity index (χ2v) is 5.58. The van der Waals surface area contributed by atoms with E-state index in [9.17, 15) is 8.42 Å². The third kappa shape index (κ3) is 2.73. The van der Waals surface area contributed by atoms with Crippen LogP contribution in [-0.4, -0.2) is 43.7 Å². The molecular weight excluding hydrogens is 178 g/mol. The summed E-state index contributed by atoms with van der Waals surface area (Å²) in [5, 5.41) is 11.8. The Hall–Kier alpha value is -0.130. The minimum atomic E-state index is -2.79. The average molecular weight is 193 g/mol. The lowest BCUT2D eigenvalue weighted by Crippen LogP contribution is -2.39. The molecule has 0 bridgehead atoms. The smallest absolute Gasteiger partial charge is 0.151 e. The highest BCUT2D eigenvalue weighted by molar-refractivity contribution is 7.91. The summed E-state index contributed by atoms with van der Waals surface area (Å²) < 4.78 is 22.0. The lowest BCUT2D eigenvalue weighted by Gasteiger charge is -2.15. The number of aliphatic hydroxyl groups is 1. The van der Waals surface area contributed by atoms with Crippen molar-refractivity contribution in [2.24, 2.45) is 0 Å². The van der Waals surface area contributed by atoms with Crippen molar-refractivity contribution in [2.45, 2.75) is 25.4 Å². The van der Waals surface area contributed by atoms with Crippen molar-refractivity contribution in [3.05, 3.63) is 0 Å². The number of nitrogens with one attached hydrogen (secondary N) is 1. The number of aliphatic hydroxyl groups excluding tert-OH is 1. The molecule has 0 spiro atoms. The van der Waals surface area contributed by atoms with E-state index in [2.05, 4.69) is 5.32 Å². The van der Waals surface area contributed by atoms with Crippen LogP contribution in [0.3, 0.4) is 0 Å². The molecule has 0 aromatic heterocycles. The van der Waals surface area contributed by atoms with Crippen LogP contribution in [0.25, 0.3) is 0 Å². The zero-order chi connectivity index (χ0) is 9.19. The highest BCUT2D eigenvalue weighted by atomic mass is 32.2. The first kappa shape index (κ1) is 9.95. The van der Waals surface area contributed by atoms with Crippen LogP contribution in [0.2, 0.25) is 0 Å². The Kier molecular flexibility index (Phi) is 3.09. The van der Waals surface area contributed by atoms with Gasteiger partial charge >= 0.3 is 0 Å². The number of rotatable bonds is 3. The van der Waals surface area contributed by atoms with Crippen molar-refractivity contribution in [1.29, 1.82) is 0 Å². The molecule has 1 heterocycles. The summed E-state index contributed by atoms with van der Waals surface area (Å²) in [7, 11) is -2.79. The Labute approximate surface area is 72.9 Å². The molecule has 0 saturated carbocycles. The van der Waals surface area contributed by atoms with Gasteiger partial charge in [-0.3, -0.25) is 0 Å².